The molecule has 0 saturated carbocycles. The van der Waals surface area contributed by atoms with Crippen molar-refractivity contribution < 1.29 is 14.3 Å². The average molecular weight is 303 g/mol. The van der Waals surface area contributed by atoms with Crippen LogP contribution in [0.3, 0.4) is 0 Å². The quantitative estimate of drug-likeness (QED) is 0.825. The third-order valence-corrected chi connectivity index (χ3v) is 3.54. The van der Waals surface area contributed by atoms with Gasteiger partial charge in [0.1, 0.15) is 11.4 Å². The molecule has 0 aliphatic carbocycles. The molecule has 0 N–H and O–H groups in total. The molecule has 4 nitrogen and oxygen atoms in total. The van der Waals surface area contributed by atoms with Crippen LogP contribution in [-0.4, -0.2) is 36.8 Å². The molecular formula is C18H25NO3. The first kappa shape index (κ1) is 16.4. The molecule has 1 aliphatic heterocycles. The highest BCUT2D eigenvalue weighted by Crippen LogP contribution is 2.22. The van der Waals surface area contributed by atoms with E-state index in [-0.39, 0.29) is 6.09 Å². The first-order valence-electron chi connectivity index (χ1n) is 7.69. The van der Waals surface area contributed by atoms with E-state index in [4.69, 9.17) is 9.47 Å². The number of methoxy groups -OCH3 is 1. The summed E-state index contributed by atoms with van der Waals surface area (Å²) in [5.41, 5.74) is 2.10. The van der Waals surface area contributed by atoms with E-state index < -0.39 is 5.60 Å². The molecule has 0 radical (unpaired) electrons. The zero-order valence-corrected chi connectivity index (χ0v) is 13.9. The van der Waals surface area contributed by atoms with Gasteiger partial charge in [0.2, 0.25) is 0 Å². The third kappa shape index (κ3) is 4.79. The van der Waals surface area contributed by atoms with Crippen molar-refractivity contribution in [2.75, 3.05) is 20.2 Å². The molecular weight excluding hydrogens is 278 g/mol. The lowest BCUT2D eigenvalue weighted by molar-refractivity contribution is 0.0237. The number of benzene rings is 1. The molecule has 4 heteroatoms. The molecule has 1 fully saturated rings. The molecule has 0 atom stereocenters. The lowest BCUT2D eigenvalue weighted by Gasteiger charge is -2.31. The Balaban J connectivity index is 1.91. The number of nitrogens with zero attached hydrogens (tertiary/aromatic N) is 1. The van der Waals surface area contributed by atoms with Crippen LogP contribution >= 0.6 is 0 Å². The highest BCUT2D eigenvalue weighted by Gasteiger charge is 2.24. The summed E-state index contributed by atoms with van der Waals surface area (Å²) in [6, 6.07) is 8.02. The van der Waals surface area contributed by atoms with Crippen molar-refractivity contribution in [3.8, 4) is 5.75 Å². The van der Waals surface area contributed by atoms with Crippen LogP contribution in [0.15, 0.2) is 29.8 Å². The minimum atomic E-state index is -0.434. The van der Waals surface area contributed by atoms with Gasteiger partial charge in [0.25, 0.3) is 0 Å². The van der Waals surface area contributed by atoms with Crippen molar-refractivity contribution in [1.29, 1.82) is 0 Å². The van der Waals surface area contributed by atoms with Gasteiger partial charge in [-0.05, 0) is 51.3 Å². The number of carbonyl (C=O) groups excluding carboxylic acids is 1. The van der Waals surface area contributed by atoms with Crippen LogP contribution < -0.4 is 4.74 Å². The van der Waals surface area contributed by atoms with E-state index >= 15 is 0 Å². The van der Waals surface area contributed by atoms with Crippen LogP contribution in [-0.2, 0) is 4.74 Å². The Morgan fingerprint density at radius 2 is 1.73 bits per heavy atom. The number of carbonyl (C=O) groups is 1. The molecule has 1 saturated heterocycles. The summed E-state index contributed by atoms with van der Waals surface area (Å²) in [7, 11) is 1.67. The fourth-order valence-electron chi connectivity index (χ4n) is 2.38. The van der Waals surface area contributed by atoms with E-state index in [0.29, 0.717) is 0 Å². The van der Waals surface area contributed by atoms with E-state index in [1.165, 1.54) is 11.1 Å². The van der Waals surface area contributed by atoms with Crippen LogP contribution in [0, 0.1) is 0 Å². The first-order valence-corrected chi connectivity index (χ1v) is 7.69. The van der Waals surface area contributed by atoms with E-state index in [2.05, 4.69) is 6.08 Å². The Morgan fingerprint density at radius 3 is 2.23 bits per heavy atom. The summed E-state index contributed by atoms with van der Waals surface area (Å²) in [6.07, 6.45) is 3.78. The lowest BCUT2D eigenvalue weighted by atomic mass is 10.0. The van der Waals surface area contributed by atoms with E-state index in [0.717, 1.165) is 31.7 Å². The smallest absolute Gasteiger partial charge is 0.410 e. The van der Waals surface area contributed by atoms with E-state index in [9.17, 15) is 4.79 Å². The van der Waals surface area contributed by atoms with Gasteiger partial charge in [-0.2, -0.15) is 0 Å². The summed E-state index contributed by atoms with van der Waals surface area (Å²) in [5, 5.41) is 0. The van der Waals surface area contributed by atoms with Gasteiger partial charge in [-0.25, -0.2) is 4.79 Å². The molecule has 1 amide bonds. The monoisotopic (exact) mass is 303 g/mol. The maximum absolute atomic E-state index is 12.0. The topological polar surface area (TPSA) is 38.8 Å². The fraction of sp³-hybridized carbons (Fsp3) is 0.500. The Kier molecular flexibility index (Phi) is 5.11. The van der Waals surface area contributed by atoms with Gasteiger partial charge < -0.3 is 14.4 Å². The van der Waals surface area contributed by atoms with E-state index in [1.807, 2.05) is 45.0 Å². The average Bonchev–Trinajstić information content (AvgIpc) is 2.47. The Hall–Kier alpha value is -1.97. The molecule has 0 unspecified atom stereocenters. The standard InChI is InChI=1S/C18H25NO3/c1-18(2,3)22-17(20)19-11-9-15(10-12-19)13-14-5-7-16(21-4)8-6-14/h5-8,13H,9-12H2,1-4H3. The summed E-state index contributed by atoms with van der Waals surface area (Å²) >= 11 is 0. The van der Waals surface area contributed by atoms with Crippen molar-refractivity contribution in [3.63, 3.8) is 0 Å². The lowest BCUT2D eigenvalue weighted by Crippen LogP contribution is -2.40. The fourth-order valence-corrected chi connectivity index (χ4v) is 2.38. The maximum Gasteiger partial charge on any atom is 0.410 e. The van der Waals surface area contributed by atoms with Gasteiger partial charge in [0.15, 0.2) is 0 Å². The van der Waals surface area contributed by atoms with E-state index in [1.54, 1.807) is 12.0 Å². The maximum atomic E-state index is 12.0. The number of hydrogen-bond donors (Lipinski definition) is 0. The second kappa shape index (κ2) is 6.86. The SMILES string of the molecule is COc1ccc(C=C2CCN(C(=O)OC(C)(C)C)CC2)cc1. The molecule has 0 aromatic heterocycles. The van der Waals surface area contributed by atoms with Gasteiger partial charge in [-0.3, -0.25) is 0 Å². The van der Waals surface area contributed by atoms with Gasteiger partial charge in [-0.15, -0.1) is 0 Å². The van der Waals surface area contributed by atoms with Crippen molar-refractivity contribution >= 4 is 12.2 Å². The Morgan fingerprint density at radius 1 is 1.14 bits per heavy atom. The molecule has 1 heterocycles. The highest BCUT2D eigenvalue weighted by atomic mass is 16.6. The normalized spacial score (nSPS) is 15.5. The largest absolute Gasteiger partial charge is 0.497 e. The van der Waals surface area contributed by atoms with Gasteiger partial charge in [0.05, 0.1) is 7.11 Å². The minimum absolute atomic E-state index is 0.212. The van der Waals surface area contributed by atoms with Gasteiger partial charge >= 0.3 is 6.09 Å². The third-order valence-electron chi connectivity index (χ3n) is 3.54. The Labute approximate surface area is 132 Å². The molecule has 1 aromatic carbocycles. The summed E-state index contributed by atoms with van der Waals surface area (Å²) in [5.74, 6) is 0.863. The summed E-state index contributed by atoms with van der Waals surface area (Å²) in [6.45, 7) is 7.12. The number of piperidine rings is 1. The van der Waals surface area contributed by atoms with Crippen molar-refractivity contribution in [3.05, 3.63) is 35.4 Å². The summed E-state index contributed by atoms with van der Waals surface area (Å²) < 4.78 is 10.6. The highest BCUT2D eigenvalue weighted by molar-refractivity contribution is 5.68. The predicted octanol–water partition coefficient (Wildman–Crippen LogP) is 4.11. The first-order chi connectivity index (χ1) is 10.4. The zero-order valence-electron chi connectivity index (χ0n) is 13.9. The van der Waals surface area contributed by atoms with Gasteiger partial charge in [-0.1, -0.05) is 23.8 Å². The molecule has 1 aromatic rings. The number of amides is 1. The molecule has 120 valence electrons. The second-order valence-electron chi connectivity index (χ2n) is 6.54. The molecule has 1 aliphatic rings. The van der Waals surface area contributed by atoms with Crippen LogP contribution in [0.5, 0.6) is 5.75 Å². The number of rotatable bonds is 2. The number of ether oxygens (including phenoxy) is 2. The van der Waals surface area contributed by atoms with Gasteiger partial charge in [0, 0.05) is 13.1 Å². The predicted molar refractivity (Wildman–Crippen MR) is 88.0 cm³/mol. The zero-order chi connectivity index (χ0) is 16.2. The number of likely N-dealkylation sites (tertiary alicyclic amines) is 1. The van der Waals surface area contributed by atoms with Crippen molar-refractivity contribution in [2.24, 2.45) is 0 Å². The second-order valence-corrected chi connectivity index (χ2v) is 6.54. The molecule has 0 bridgehead atoms. The Bertz CT molecular complexity index is 530. The minimum Gasteiger partial charge on any atom is -0.497 e. The molecule has 2 rings (SSSR count). The van der Waals surface area contributed by atoms with Crippen LogP contribution in [0.25, 0.3) is 6.08 Å². The number of hydrogen-bond acceptors (Lipinski definition) is 3. The molecule has 0 spiro atoms. The van der Waals surface area contributed by atoms with Crippen LogP contribution in [0.1, 0.15) is 39.2 Å². The van der Waals surface area contributed by atoms with Crippen molar-refractivity contribution in [1.82, 2.24) is 4.90 Å². The molecule has 22 heavy (non-hydrogen) atoms. The summed E-state index contributed by atoms with van der Waals surface area (Å²) in [4.78, 5) is 13.8. The van der Waals surface area contributed by atoms with Crippen LogP contribution in [0.2, 0.25) is 0 Å². The van der Waals surface area contributed by atoms with Crippen LogP contribution in [0.4, 0.5) is 4.79 Å². The van der Waals surface area contributed by atoms with Crippen molar-refractivity contribution in [2.45, 2.75) is 39.2 Å².